The van der Waals surface area contributed by atoms with Crippen molar-refractivity contribution in [3.05, 3.63) is 35.6 Å². The average molecular weight is 347 g/mol. The highest BCUT2D eigenvalue weighted by Gasteiger charge is 2.41. The maximum Gasteiger partial charge on any atom is 0.317 e. The molecule has 0 bridgehead atoms. The summed E-state index contributed by atoms with van der Waals surface area (Å²) in [5, 5.41) is 3.15. The minimum atomic E-state index is -0.209. The molecule has 0 aromatic heterocycles. The third kappa shape index (κ3) is 3.96. The molecule has 1 saturated carbocycles. The van der Waals surface area contributed by atoms with E-state index in [9.17, 15) is 9.18 Å². The van der Waals surface area contributed by atoms with Crippen molar-refractivity contribution in [3.8, 4) is 0 Å². The van der Waals surface area contributed by atoms with Crippen LogP contribution < -0.4 is 5.32 Å². The standard InChI is InChI=1S/C19H26FN3O2/c20-15-4-1-3-14(11-15)17-12-18(17)21-19(24)23-6-2-5-16(23)13-22-7-9-25-10-8-22/h1,3-4,11,16-18H,2,5-10,12-13H2,(H,21,24)/t16-,17?,18?/m0/s1. The van der Waals surface area contributed by atoms with E-state index >= 15 is 0 Å². The molecule has 2 amide bonds. The van der Waals surface area contributed by atoms with E-state index in [1.165, 1.54) is 6.07 Å². The largest absolute Gasteiger partial charge is 0.379 e. The van der Waals surface area contributed by atoms with Crippen molar-refractivity contribution < 1.29 is 13.9 Å². The Balaban J connectivity index is 1.30. The van der Waals surface area contributed by atoms with Gasteiger partial charge in [-0.3, -0.25) is 4.90 Å². The molecule has 2 heterocycles. The summed E-state index contributed by atoms with van der Waals surface area (Å²) in [5.41, 5.74) is 0.983. The molecule has 1 aromatic rings. The Hall–Kier alpha value is -1.66. The normalized spacial score (nSPS) is 29.6. The molecule has 5 nitrogen and oxygen atoms in total. The van der Waals surface area contributed by atoms with Crippen LogP contribution in [-0.2, 0) is 4.74 Å². The van der Waals surface area contributed by atoms with E-state index < -0.39 is 0 Å². The first-order valence-electron chi connectivity index (χ1n) is 9.33. The van der Waals surface area contributed by atoms with Crippen molar-refractivity contribution >= 4 is 6.03 Å². The number of urea groups is 1. The van der Waals surface area contributed by atoms with E-state index in [-0.39, 0.29) is 23.8 Å². The molecule has 1 aromatic carbocycles. The first-order valence-corrected chi connectivity index (χ1v) is 9.33. The molecule has 6 heteroatoms. The topological polar surface area (TPSA) is 44.8 Å². The van der Waals surface area contributed by atoms with Gasteiger partial charge in [0.05, 0.1) is 13.2 Å². The van der Waals surface area contributed by atoms with Crippen LogP contribution in [0.15, 0.2) is 24.3 Å². The molecule has 1 aliphatic carbocycles. The van der Waals surface area contributed by atoms with Crippen LogP contribution in [0.3, 0.4) is 0 Å². The number of likely N-dealkylation sites (tertiary alicyclic amines) is 1. The van der Waals surface area contributed by atoms with Gasteiger partial charge in [-0.15, -0.1) is 0 Å². The Kier molecular flexibility index (Phi) is 4.90. The lowest BCUT2D eigenvalue weighted by atomic mass is 10.1. The number of ether oxygens (including phenoxy) is 1. The summed E-state index contributed by atoms with van der Waals surface area (Å²) in [6.07, 6.45) is 3.04. The number of carbonyl (C=O) groups excluding carboxylic acids is 1. The van der Waals surface area contributed by atoms with Crippen molar-refractivity contribution in [3.63, 3.8) is 0 Å². The quantitative estimate of drug-likeness (QED) is 0.908. The summed E-state index contributed by atoms with van der Waals surface area (Å²) < 4.78 is 18.8. The average Bonchev–Trinajstić information content (AvgIpc) is 3.22. The van der Waals surface area contributed by atoms with Gasteiger partial charge in [-0.25, -0.2) is 9.18 Å². The molecule has 3 atom stereocenters. The summed E-state index contributed by atoms with van der Waals surface area (Å²) in [5.74, 6) is 0.0412. The van der Waals surface area contributed by atoms with Gasteiger partial charge in [0.15, 0.2) is 0 Å². The van der Waals surface area contributed by atoms with Crippen LogP contribution in [-0.4, -0.2) is 67.3 Å². The minimum Gasteiger partial charge on any atom is -0.379 e. The zero-order chi connectivity index (χ0) is 17.2. The second-order valence-corrected chi connectivity index (χ2v) is 7.36. The molecule has 0 radical (unpaired) electrons. The summed E-state index contributed by atoms with van der Waals surface area (Å²) in [7, 11) is 0. The van der Waals surface area contributed by atoms with Gasteiger partial charge >= 0.3 is 6.03 Å². The van der Waals surface area contributed by atoms with Crippen LogP contribution in [0.1, 0.15) is 30.7 Å². The van der Waals surface area contributed by atoms with E-state index in [2.05, 4.69) is 10.2 Å². The zero-order valence-corrected chi connectivity index (χ0v) is 14.5. The zero-order valence-electron chi connectivity index (χ0n) is 14.5. The SMILES string of the molecule is O=C(NC1CC1c1cccc(F)c1)N1CCC[C@H]1CN1CCOCC1. The number of nitrogens with one attached hydrogen (secondary N) is 1. The van der Waals surface area contributed by atoms with Crippen LogP contribution in [0.2, 0.25) is 0 Å². The predicted molar refractivity (Wildman–Crippen MR) is 93.1 cm³/mol. The van der Waals surface area contributed by atoms with E-state index in [0.29, 0.717) is 6.04 Å². The number of nitrogens with zero attached hydrogens (tertiary/aromatic N) is 2. The Bertz CT molecular complexity index is 620. The lowest BCUT2D eigenvalue weighted by molar-refractivity contribution is 0.0292. The first-order chi connectivity index (χ1) is 12.2. The fourth-order valence-corrected chi connectivity index (χ4v) is 4.08. The summed E-state index contributed by atoms with van der Waals surface area (Å²) in [4.78, 5) is 17.1. The Morgan fingerprint density at radius 2 is 2.12 bits per heavy atom. The predicted octanol–water partition coefficient (Wildman–Crippen LogP) is 2.19. The second kappa shape index (κ2) is 7.30. The summed E-state index contributed by atoms with van der Waals surface area (Å²) in [6, 6.07) is 7.19. The first kappa shape index (κ1) is 16.8. The number of hydrogen-bond acceptors (Lipinski definition) is 3. The van der Waals surface area contributed by atoms with Gasteiger partial charge in [0.1, 0.15) is 5.82 Å². The molecule has 1 N–H and O–H groups in total. The maximum absolute atomic E-state index is 13.4. The van der Waals surface area contributed by atoms with Gasteiger partial charge < -0.3 is 15.0 Å². The van der Waals surface area contributed by atoms with E-state index in [4.69, 9.17) is 4.74 Å². The van der Waals surface area contributed by atoms with Gasteiger partial charge in [-0.05, 0) is 37.0 Å². The fraction of sp³-hybridized carbons (Fsp3) is 0.632. The smallest absolute Gasteiger partial charge is 0.317 e. The molecular weight excluding hydrogens is 321 g/mol. The second-order valence-electron chi connectivity index (χ2n) is 7.36. The maximum atomic E-state index is 13.4. The van der Waals surface area contributed by atoms with Crippen LogP contribution in [0.4, 0.5) is 9.18 Å². The molecule has 3 aliphatic rings. The van der Waals surface area contributed by atoms with Crippen LogP contribution >= 0.6 is 0 Å². The summed E-state index contributed by atoms with van der Waals surface area (Å²) >= 11 is 0. The van der Waals surface area contributed by atoms with Crippen molar-refractivity contribution in [2.24, 2.45) is 0 Å². The number of carbonyl (C=O) groups is 1. The Morgan fingerprint density at radius 3 is 2.92 bits per heavy atom. The van der Waals surface area contributed by atoms with Crippen molar-refractivity contribution in [1.29, 1.82) is 0 Å². The lowest BCUT2D eigenvalue weighted by Crippen LogP contribution is -2.49. The van der Waals surface area contributed by atoms with E-state index in [1.807, 2.05) is 11.0 Å². The summed E-state index contributed by atoms with van der Waals surface area (Å²) in [6.45, 7) is 5.26. The van der Waals surface area contributed by atoms with E-state index in [1.54, 1.807) is 12.1 Å². The van der Waals surface area contributed by atoms with Gasteiger partial charge in [-0.2, -0.15) is 0 Å². The minimum absolute atomic E-state index is 0.0414. The van der Waals surface area contributed by atoms with Gasteiger partial charge in [-0.1, -0.05) is 12.1 Å². The number of benzene rings is 1. The highest BCUT2D eigenvalue weighted by atomic mass is 19.1. The highest BCUT2D eigenvalue weighted by molar-refractivity contribution is 5.76. The molecule has 136 valence electrons. The number of morpholine rings is 1. The molecule has 2 unspecified atom stereocenters. The molecule has 0 spiro atoms. The molecule has 4 rings (SSSR count). The Morgan fingerprint density at radius 1 is 1.28 bits per heavy atom. The third-order valence-corrected chi connectivity index (χ3v) is 5.59. The van der Waals surface area contributed by atoms with Crippen LogP contribution in [0, 0.1) is 5.82 Å². The third-order valence-electron chi connectivity index (χ3n) is 5.59. The van der Waals surface area contributed by atoms with E-state index in [0.717, 1.165) is 64.2 Å². The highest BCUT2D eigenvalue weighted by Crippen LogP contribution is 2.41. The van der Waals surface area contributed by atoms with Crippen molar-refractivity contribution in [2.75, 3.05) is 39.4 Å². The van der Waals surface area contributed by atoms with Crippen LogP contribution in [0.5, 0.6) is 0 Å². The van der Waals surface area contributed by atoms with Gasteiger partial charge in [0.2, 0.25) is 0 Å². The fourth-order valence-electron chi connectivity index (χ4n) is 4.08. The Labute approximate surface area is 148 Å². The van der Waals surface area contributed by atoms with Crippen molar-refractivity contribution in [2.45, 2.75) is 37.3 Å². The monoisotopic (exact) mass is 347 g/mol. The van der Waals surface area contributed by atoms with Gasteiger partial charge in [0, 0.05) is 44.2 Å². The molecular formula is C19H26FN3O2. The number of rotatable bonds is 4. The lowest BCUT2D eigenvalue weighted by Gasteiger charge is -2.33. The number of halogens is 1. The molecule has 3 fully saturated rings. The molecule has 2 saturated heterocycles. The van der Waals surface area contributed by atoms with Gasteiger partial charge in [0.25, 0.3) is 0 Å². The molecule has 2 aliphatic heterocycles. The molecule has 25 heavy (non-hydrogen) atoms. The van der Waals surface area contributed by atoms with Crippen molar-refractivity contribution in [1.82, 2.24) is 15.1 Å². The number of hydrogen-bond donors (Lipinski definition) is 1. The van der Waals surface area contributed by atoms with Crippen LogP contribution in [0.25, 0.3) is 0 Å². The number of amides is 2.